The molecule has 0 spiro atoms. The average Bonchev–Trinajstić information content (AvgIpc) is 2.46. The summed E-state index contributed by atoms with van der Waals surface area (Å²) in [5.41, 5.74) is 0.249. The number of rotatable bonds is 2. The number of aliphatic hydroxyl groups is 1. The van der Waals surface area contributed by atoms with E-state index in [1.54, 1.807) is 0 Å². The molecule has 15 heavy (non-hydrogen) atoms. The molecule has 0 aromatic carbocycles. The van der Waals surface area contributed by atoms with Crippen LogP contribution in [0.3, 0.4) is 0 Å². The Balaban J connectivity index is 0.00000112. The highest BCUT2D eigenvalue weighted by Crippen LogP contribution is 2.56. The summed E-state index contributed by atoms with van der Waals surface area (Å²) in [7, 11) is 0. The minimum absolute atomic E-state index is 0. The molecular weight excluding hydrogens is 188 g/mol. The summed E-state index contributed by atoms with van der Waals surface area (Å²) < 4.78 is 0. The van der Waals surface area contributed by atoms with Crippen molar-refractivity contribution in [2.45, 2.75) is 59.0 Å². The summed E-state index contributed by atoms with van der Waals surface area (Å²) in [6, 6.07) is 0. The van der Waals surface area contributed by atoms with E-state index in [0.29, 0.717) is 18.3 Å². The largest absolute Gasteiger partial charge is 0.393 e. The van der Waals surface area contributed by atoms with Crippen LogP contribution in [0.4, 0.5) is 0 Å². The Morgan fingerprint density at radius 1 is 1.40 bits per heavy atom. The summed E-state index contributed by atoms with van der Waals surface area (Å²) in [4.78, 5) is 10.6. The molecule has 2 rings (SSSR count). The molecule has 88 valence electrons. The number of hydrogen-bond acceptors (Lipinski definition) is 2. The van der Waals surface area contributed by atoms with Gasteiger partial charge in [-0.25, -0.2) is 0 Å². The Hall–Kier alpha value is -0.370. The fourth-order valence-corrected chi connectivity index (χ4v) is 3.76. The zero-order chi connectivity index (χ0) is 10.2. The highest BCUT2D eigenvalue weighted by molar-refractivity contribution is 5.50. The highest BCUT2D eigenvalue weighted by Gasteiger charge is 2.50. The SMILES string of the molecule is C.CC12CCCC(O)[C@@H]1CCC2CC=O. The van der Waals surface area contributed by atoms with E-state index in [0.717, 1.165) is 32.0 Å². The Labute approximate surface area is 93.1 Å². The van der Waals surface area contributed by atoms with Crippen LogP contribution in [0.15, 0.2) is 0 Å². The molecule has 0 amide bonds. The molecule has 0 heterocycles. The fraction of sp³-hybridized carbons (Fsp3) is 0.923. The van der Waals surface area contributed by atoms with Gasteiger partial charge >= 0.3 is 0 Å². The Morgan fingerprint density at radius 2 is 2.13 bits per heavy atom. The maximum absolute atomic E-state index is 10.6. The van der Waals surface area contributed by atoms with Crippen molar-refractivity contribution in [2.75, 3.05) is 0 Å². The molecule has 2 saturated carbocycles. The van der Waals surface area contributed by atoms with Gasteiger partial charge in [0, 0.05) is 6.42 Å². The fourth-order valence-electron chi connectivity index (χ4n) is 3.76. The van der Waals surface area contributed by atoms with Crippen molar-refractivity contribution in [3.05, 3.63) is 0 Å². The molecule has 2 nitrogen and oxygen atoms in total. The zero-order valence-electron chi connectivity index (χ0n) is 8.91. The molecule has 0 saturated heterocycles. The van der Waals surface area contributed by atoms with Crippen LogP contribution in [0.25, 0.3) is 0 Å². The molecule has 1 N–H and O–H groups in total. The summed E-state index contributed by atoms with van der Waals surface area (Å²) in [5.74, 6) is 0.987. The lowest BCUT2D eigenvalue weighted by Gasteiger charge is -2.43. The predicted octanol–water partition coefficient (Wildman–Crippen LogP) is 2.79. The second kappa shape index (κ2) is 4.65. The normalized spacial score (nSPS) is 44.3. The molecule has 0 aromatic rings. The average molecular weight is 212 g/mol. The summed E-state index contributed by atoms with van der Waals surface area (Å²) in [5, 5.41) is 9.94. The maximum atomic E-state index is 10.6. The molecule has 3 unspecified atom stereocenters. The molecule has 0 bridgehead atoms. The van der Waals surface area contributed by atoms with Gasteiger partial charge in [0.15, 0.2) is 0 Å². The van der Waals surface area contributed by atoms with Crippen LogP contribution in [0.1, 0.15) is 52.9 Å². The Kier molecular flexibility index (Phi) is 3.93. The van der Waals surface area contributed by atoms with E-state index in [4.69, 9.17) is 0 Å². The van der Waals surface area contributed by atoms with E-state index in [2.05, 4.69) is 6.92 Å². The first-order valence-electron chi connectivity index (χ1n) is 5.80. The monoisotopic (exact) mass is 212 g/mol. The second-order valence-corrected chi connectivity index (χ2v) is 5.25. The molecule has 4 atom stereocenters. The van der Waals surface area contributed by atoms with Crippen molar-refractivity contribution in [1.82, 2.24) is 0 Å². The van der Waals surface area contributed by atoms with E-state index < -0.39 is 0 Å². The highest BCUT2D eigenvalue weighted by atomic mass is 16.3. The standard InChI is InChI=1S/C12H20O2.CH4/c1-12-7-2-3-11(14)10(12)5-4-9(12)6-8-13;/h8-11,14H,2-7H2,1H3;1H4/t9?,10-,11?,12?;/m0./s1. The van der Waals surface area contributed by atoms with Crippen LogP contribution in [-0.2, 0) is 4.79 Å². The third kappa shape index (κ3) is 1.96. The summed E-state index contributed by atoms with van der Waals surface area (Å²) in [6.45, 7) is 2.28. The first-order valence-corrected chi connectivity index (χ1v) is 5.80. The van der Waals surface area contributed by atoms with Gasteiger partial charge < -0.3 is 9.90 Å². The van der Waals surface area contributed by atoms with Crippen LogP contribution < -0.4 is 0 Å². The Morgan fingerprint density at radius 3 is 2.80 bits per heavy atom. The molecule has 2 aliphatic carbocycles. The number of aliphatic hydroxyl groups excluding tert-OH is 1. The first kappa shape index (κ1) is 12.7. The molecule has 0 radical (unpaired) electrons. The van der Waals surface area contributed by atoms with Gasteiger partial charge in [-0.1, -0.05) is 20.8 Å². The van der Waals surface area contributed by atoms with E-state index >= 15 is 0 Å². The van der Waals surface area contributed by atoms with Gasteiger partial charge in [-0.15, -0.1) is 0 Å². The lowest BCUT2D eigenvalue weighted by molar-refractivity contribution is -0.110. The number of fused-ring (bicyclic) bond motifs is 1. The van der Waals surface area contributed by atoms with Crippen LogP contribution in [0.5, 0.6) is 0 Å². The number of carbonyl (C=O) groups excluding carboxylic acids is 1. The summed E-state index contributed by atoms with van der Waals surface area (Å²) >= 11 is 0. The van der Waals surface area contributed by atoms with Crippen molar-refractivity contribution in [3.8, 4) is 0 Å². The maximum Gasteiger partial charge on any atom is 0.120 e. The van der Waals surface area contributed by atoms with Gasteiger partial charge in [-0.3, -0.25) is 0 Å². The number of hydrogen-bond donors (Lipinski definition) is 1. The van der Waals surface area contributed by atoms with Crippen molar-refractivity contribution < 1.29 is 9.90 Å². The van der Waals surface area contributed by atoms with Gasteiger partial charge in [0.25, 0.3) is 0 Å². The third-order valence-corrected chi connectivity index (χ3v) is 4.67. The number of carbonyl (C=O) groups is 1. The zero-order valence-corrected chi connectivity index (χ0v) is 8.91. The molecule has 0 aromatic heterocycles. The molecule has 2 aliphatic rings. The topological polar surface area (TPSA) is 37.3 Å². The smallest absolute Gasteiger partial charge is 0.120 e. The van der Waals surface area contributed by atoms with E-state index in [1.807, 2.05) is 0 Å². The van der Waals surface area contributed by atoms with Crippen LogP contribution >= 0.6 is 0 Å². The van der Waals surface area contributed by atoms with Crippen molar-refractivity contribution >= 4 is 6.29 Å². The quantitative estimate of drug-likeness (QED) is 0.715. The van der Waals surface area contributed by atoms with Crippen LogP contribution in [0.2, 0.25) is 0 Å². The van der Waals surface area contributed by atoms with Crippen LogP contribution in [-0.4, -0.2) is 17.5 Å². The number of aldehydes is 1. The molecule has 0 aliphatic heterocycles. The van der Waals surface area contributed by atoms with Crippen molar-refractivity contribution in [1.29, 1.82) is 0 Å². The van der Waals surface area contributed by atoms with Crippen molar-refractivity contribution in [3.63, 3.8) is 0 Å². The minimum Gasteiger partial charge on any atom is -0.393 e. The van der Waals surface area contributed by atoms with Gasteiger partial charge in [0.2, 0.25) is 0 Å². The molecule has 2 fully saturated rings. The van der Waals surface area contributed by atoms with E-state index in [1.165, 1.54) is 6.42 Å². The predicted molar refractivity (Wildman–Crippen MR) is 61.6 cm³/mol. The van der Waals surface area contributed by atoms with E-state index in [9.17, 15) is 9.90 Å². The van der Waals surface area contributed by atoms with Crippen molar-refractivity contribution in [2.24, 2.45) is 17.3 Å². The van der Waals surface area contributed by atoms with E-state index in [-0.39, 0.29) is 18.9 Å². The minimum atomic E-state index is -0.106. The lowest BCUT2D eigenvalue weighted by Crippen LogP contribution is -2.39. The third-order valence-electron chi connectivity index (χ3n) is 4.67. The first-order chi connectivity index (χ1) is 6.68. The summed E-state index contributed by atoms with van der Waals surface area (Å²) in [6.07, 6.45) is 7.20. The van der Waals surface area contributed by atoms with Crippen LogP contribution in [0, 0.1) is 17.3 Å². The van der Waals surface area contributed by atoms with Gasteiger partial charge in [0.1, 0.15) is 6.29 Å². The van der Waals surface area contributed by atoms with Gasteiger partial charge in [0.05, 0.1) is 6.10 Å². The molecule has 2 heteroatoms. The van der Waals surface area contributed by atoms with Gasteiger partial charge in [-0.05, 0) is 42.9 Å². The second-order valence-electron chi connectivity index (χ2n) is 5.25. The lowest BCUT2D eigenvalue weighted by atomic mass is 9.64. The Bertz CT molecular complexity index is 227. The molecular formula is C13H24O2. The van der Waals surface area contributed by atoms with Gasteiger partial charge in [-0.2, -0.15) is 0 Å².